The number of rotatable bonds is 8. The minimum Gasteiger partial charge on any atom is -0.493 e. The van der Waals surface area contributed by atoms with Crippen LogP contribution in [0.3, 0.4) is 0 Å². The van der Waals surface area contributed by atoms with Crippen LogP contribution in [0.5, 0.6) is 17.2 Å². The number of aromatic nitrogens is 3. The van der Waals surface area contributed by atoms with Gasteiger partial charge in [-0.25, -0.2) is 4.98 Å². The molecule has 0 fully saturated rings. The molecule has 1 amide bonds. The topological polar surface area (TPSA) is 87.5 Å². The number of methoxy groups -OCH3 is 3. The summed E-state index contributed by atoms with van der Waals surface area (Å²) in [7, 11) is 4.53. The number of hydrogen-bond donors (Lipinski definition) is 1. The molecule has 0 saturated heterocycles. The number of benzene rings is 1. The Kier molecular flexibility index (Phi) is 6.21. The minimum absolute atomic E-state index is 0.232. The normalized spacial score (nSPS) is 10.4. The van der Waals surface area contributed by atoms with E-state index in [0.717, 1.165) is 18.1 Å². The van der Waals surface area contributed by atoms with Gasteiger partial charge in [-0.15, -0.1) is 0 Å². The van der Waals surface area contributed by atoms with Gasteiger partial charge in [-0.3, -0.25) is 9.48 Å². The standard InChI is InChI=1S/C17H24N4O4/c1-11-19-12(2)21(20-11)10-6-9-18-17(22)13-7-8-14(23-3)16(25-5)15(13)24-4/h7-8H,6,9-10H2,1-5H3,(H,18,22). The number of ether oxygens (including phenoxy) is 3. The summed E-state index contributed by atoms with van der Waals surface area (Å²) in [5, 5.41) is 7.18. The van der Waals surface area contributed by atoms with E-state index >= 15 is 0 Å². The summed E-state index contributed by atoms with van der Waals surface area (Å²) >= 11 is 0. The number of aryl methyl sites for hydroxylation is 3. The highest BCUT2D eigenvalue weighted by atomic mass is 16.5. The van der Waals surface area contributed by atoms with E-state index in [1.54, 1.807) is 12.1 Å². The van der Waals surface area contributed by atoms with E-state index in [9.17, 15) is 4.79 Å². The van der Waals surface area contributed by atoms with Gasteiger partial charge in [0.25, 0.3) is 5.91 Å². The maximum atomic E-state index is 12.5. The van der Waals surface area contributed by atoms with Crippen LogP contribution in [0, 0.1) is 13.8 Å². The molecule has 0 radical (unpaired) electrons. The predicted molar refractivity (Wildman–Crippen MR) is 92.5 cm³/mol. The molecule has 0 aliphatic rings. The van der Waals surface area contributed by atoms with Crippen molar-refractivity contribution >= 4 is 5.91 Å². The summed E-state index contributed by atoms with van der Waals surface area (Å²) in [4.78, 5) is 16.7. The quantitative estimate of drug-likeness (QED) is 0.731. The summed E-state index contributed by atoms with van der Waals surface area (Å²) < 4.78 is 17.7. The maximum Gasteiger partial charge on any atom is 0.255 e. The second-order valence-electron chi connectivity index (χ2n) is 5.42. The third kappa shape index (κ3) is 4.20. The fraction of sp³-hybridized carbons (Fsp3) is 0.471. The van der Waals surface area contributed by atoms with Crippen molar-refractivity contribution in [2.24, 2.45) is 0 Å². The highest BCUT2D eigenvalue weighted by Gasteiger charge is 2.20. The first-order valence-electron chi connectivity index (χ1n) is 7.97. The Labute approximate surface area is 147 Å². The van der Waals surface area contributed by atoms with Gasteiger partial charge in [-0.2, -0.15) is 5.10 Å². The van der Waals surface area contributed by atoms with E-state index in [-0.39, 0.29) is 5.91 Å². The van der Waals surface area contributed by atoms with Crippen LogP contribution in [0.1, 0.15) is 28.4 Å². The molecule has 25 heavy (non-hydrogen) atoms. The van der Waals surface area contributed by atoms with E-state index in [1.807, 2.05) is 18.5 Å². The van der Waals surface area contributed by atoms with Crippen LogP contribution in [-0.2, 0) is 6.54 Å². The van der Waals surface area contributed by atoms with Gasteiger partial charge in [0.2, 0.25) is 5.75 Å². The van der Waals surface area contributed by atoms with Crippen molar-refractivity contribution in [1.29, 1.82) is 0 Å². The zero-order chi connectivity index (χ0) is 18.4. The van der Waals surface area contributed by atoms with Gasteiger partial charge < -0.3 is 19.5 Å². The molecular weight excluding hydrogens is 324 g/mol. The maximum absolute atomic E-state index is 12.5. The van der Waals surface area contributed by atoms with Gasteiger partial charge in [0.15, 0.2) is 11.5 Å². The lowest BCUT2D eigenvalue weighted by Crippen LogP contribution is -2.26. The predicted octanol–water partition coefficient (Wildman–Crippen LogP) is 1.74. The molecule has 0 spiro atoms. The number of carbonyl (C=O) groups is 1. The van der Waals surface area contributed by atoms with Crippen molar-refractivity contribution < 1.29 is 19.0 Å². The zero-order valence-electron chi connectivity index (χ0n) is 15.3. The molecule has 0 unspecified atom stereocenters. The second-order valence-corrected chi connectivity index (χ2v) is 5.42. The van der Waals surface area contributed by atoms with E-state index < -0.39 is 0 Å². The molecule has 2 aromatic rings. The fourth-order valence-corrected chi connectivity index (χ4v) is 2.58. The zero-order valence-corrected chi connectivity index (χ0v) is 15.3. The molecular formula is C17H24N4O4. The highest BCUT2D eigenvalue weighted by molar-refractivity contribution is 5.98. The van der Waals surface area contributed by atoms with Gasteiger partial charge in [-0.05, 0) is 32.4 Å². The fourth-order valence-electron chi connectivity index (χ4n) is 2.58. The molecule has 1 aromatic heterocycles. The van der Waals surface area contributed by atoms with Crippen LogP contribution in [-0.4, -0.2) is 48.5 Å². The average Bonchev–Trinajstić information content (AvgIpc) is 2.94. The molecule has 0 aliphatic heterocycles. The van der Waals surface area contributed by atoms with Gasteiger partial charge in [0, 0.05) is 13.1 Å². The SMILES string of the molecule is COc1ccc(C(=O)NCCCn2nc(C)nc2C)c(OC)c1OC. The van der Waals surface area contributed by atoms with Crippen LogP contribution in [0.25, 0.3) is 0 Å². The number of nitrogens with zero attached hydrogens (tertiary/aromatic N) is 3. The van der Waals surface area contributed by atoms with E-state index in [1.165, 1.54) is 21.3 Å². The molecule has 0 atom stereocenters. The second kappa shape index (κ2) is 8.36. The lowest BCUT2D eigenvalue weighted by Gasteiger charge is -2.15. The van der Waals surface area contributed by atoms with Gasteiger partial charge >= 0.3 is 0 Å². The molecule has 0 saturated carbocycles. The third-order valence-corrected chi connectivity index (χ3v) is 3.74. The molecule has 1 N–H and O–H groups in total. The van der Waals surface area contributed by atoms with E-state index in [2.05, 4.69) is 15.4 Å². The molecule has 1 aromatic carbocycles. The summed E-state index contributed by atoms with van der Waals surface area (Å²) in [6.45, 7) is 4.96. The number of hydrogen-bond acceptors (Lipinski definition) is 6. The van der Waals surface area contributed by atoms with Crippen LogP contribution in [0.4, 0.5) is 0 Å². The number of nitrogens with one attached hydrogen (secondary N) is 1. The Hall–Kier alpha value is -2.77. The molecule has 8 heteroatoms. The molecule has 1 heterocycles. The first-order chi connectivity index (χ1) is 12.0. The molecule has 8 nitrogen and oxygen atoms in total. The largest absolute Gasteiger partial charge is 0.493 e. The van der Waals surface area contributed by atoms with Crippen LogP contribution < -0.4 is 19.5 Å². The Balaban J connectivity index is 2.00. The van der Waals surface area contributed by atoms with E-state index in [4.69, 9.17) is 14.2 Å². The Morgan fingerprint density at radius 3 is 2.40 bits per heavy atom. The van der Waals surface area contributed by atoms with Crippen molar-refractivity contribution in [3.8, 4) is 17.2 Å². The number of carbonyl (C=O) groups excluding carboxylic acids is 1. The summed E-state index contributed by atoms with van der Waals surface area (Å²) in [5.41, 5.74) is 0.396. The molecule has 2 rings (SSSR count). The first kappa shape index (κ1) is 18.6. The van der Waals surface area contributed by atoms with Crippen molar-refractivity contribution in [2.45, 2.75) is 26.8 Å². The monoisotopic (exact) mass is 348 g/mol. The van der Waals surface area contributed by atoms with Crippen LogP contribution >= 0.6 is 0 Å². The minimum atomic E-state index is -0.232. The van der Waals surface area contributed by atoms with Gasteiger partial charge in [0.05, 0.1) is 26.9 Å². The highest BCUT2D eigenvalue weighted by Crippen LogP contribution is 2.39. The van der Waals surface area contributed by atoms with Gasteiger partial charge in [-0.1, -0.05) is 0 Å². The van der Waals surface area contributed by atoms with Crippen molar-refractivity contribution in [2.75, 3.05) is 27.9 Å². The van der Waals surface area contributed by atoms with Crippen LogP contribution in [0.15, 0.2) is 12.1 Å². The van der Waals surface area contributed by atoms with Crippen molar-refractivity contribution in [1.82, 2.24) is 20.1 Å². The lowest BCUT2D eigenvalue weighted by molar-refractivity contribution is 0.0948. The summed E-state index contributed by atoms with van der Waals surface area (Å²) in [5.74, 6) is 2.63. The van der Waals surface area contributed by atoms with Crippen molar-refractivity contribution in [3.05, 3.63) is 29.3 Å². The van der Waals surface area contributed by atoms with Gasteiger partial charge in [0.1, 0.15) is 11.6 Å². The average molecular weight is 348 g/mol. The van der Waals surface area contributed by atoms with Crippen molar-refractivity contribution in [3.63, 3.8) is 0 Å². The summed E-state index contributed by atoms with van der Waals surface area (Å²) in [6, 6.07) is 3.33. The Morgan fingerprint density at radius 1 is 1.12 bits per heavy atom. The smallest absolute Gasteiger partial charge is 0.255 e. The molecule has 136 valence electrons. The van der Waals surface area contributed by atoms with Crippen LogP contribution in [0.2, 0.25) is 0 Å². The lowest BCUT2D eigenvalue weighted by atomic mass is 10.1. The van der Waals surface area contributed by atoms with E-state index in [0.29, 0.717) is 35.9 Å². The Bertz CT molecular complexity index is 742. The Morgan fingerprint density at radius 2 is 1.84 bits per heavy atom. The molecule has 0 aliphatic carbocycles. The third-order valence-electron chi connectivity index (χ3n) is 3.74. The molecule has 0 bridgehead atoms. The first-order valence-corrected chi connectivity index (χ1v) is 7.97. The number of amides is 1. The summed E-state index contributed by atoms with van der Waals surface area (Å²) in [6.07, 6.45) is 0.741.